The van der Waals surface area contributed by atoms with E-state index >= 15 is 0 Å². The molecule has 2 aromatic rings. The number of likely N-dealkylation sites (tertiary alicyclic amines) is 1. The number of benzene rings is 2. The molecule has 1 aliphatic rings. The zero-order valence-corrected chi connectivity index (χ0v) is 16.8. The van der Waals surface area contributed by atoms with E-state index in [1.54, 1.807) is 24.3 Å². The number of sulfonamides is 1. The van der Waals surface area contributed by atoms with Crippen molar-refractivity contribution in [2.75, 3.05) is 13.1 Å². The minimum absolute atomic E-state index is 0.0489. The van der Waals surface area contributed by atoms with Crippen molar-refractivity contribution in [2.24, 2.45) is 0 Å². The van der Waals surface area contributed by atoms with Crippen LogP contribution in [0.25, 0.3) is 0 Å². The summed E-state index contributed by atoms with van der Waals surface area (Å²) in [5.41, 5.74) is 1.11. The van der Waals surface area contributed by atoms with Crippen LogP contribution in [0.1, 0.15) is 35.7 Å². The molecule has 1 saturated heterocycles. The zero-order chi connectivity index (χ0) is 21.2. The molecule has 9 heteroatoms. The molecule has 29 heavy (non-hydrogen) atoms. The molecule has 0 aliphatic carbocycles. The quantitative estimate of drug-likeness (QED) is 0.548. The highest BCUT2D eigenvalue weighted by Gasteiger charge is 2.28. The Balaban J connectivity index is 1.62. The maximum Gasteiger partial charge on any atom is 0.254 e. The number of aromatic hydroxyl groups is 3. The van der Waals surface area contributed by atoms with E-state index in [1.807, 2.05) is 6.92 Å². The zero-order valence-electron chi connectivity index (χ0n) is 16.0. The first-order chi connectivity index (χ1) is 13.7. The van der Waals surface area contributed by atoms with Gasteiger partial charge in [-0.2, -0.15) is 0 Å². The van der Waals surface area contributed by atoms with Gasteiger partial charge in [-0.15, -0.1) is 0 Å². The van der Waals surface area contributed by atoms with E-state index in [-0.39, 0.29) is 16.5 Å². The van der Waals surface area contributed by atoms with E-state index in [0.29, 0.717) is 25.9 Å². The van der Waals surface area contributed by atoms with Crippen LogP contribution in [-0.2, 0) is 16.4 Å². The van der Waals surface area contributed by atoms with Crippen LogP contribution in [0.3, 0.4) is 0 Å². The first-order valence-corrected chi connectivity index (χ1v) is 10.8. The normalized spacial score (nSPS) is 15.4. The molecule has 0 aromatic heterocycles. The highest BCUT2D eigenvalue weighted by molar-refractivity contribution is 7.89. The average molecular weight is 420 g/mol. The summed E-state index contributed by atoms with van der Waals surface area (Å²) >= 11 is 0. The second-order valence-corrected chi connectivity index (χ2v) is 8.76. The molecule has 8 nitrogen and oxygen atoms in total. The Morgan fingerprint density at radius 1 is 1.07 bits per heavy atom. The van der Waals surface area contributed by atoms with Crippen LogP contribution < -0.4 is 4.72 Å². The smallest absolute Gasteiger partial charge is 0.254 e. The lowest BCUT2D eigenvalue weighted by Gasteiger charge is -2.32. The molecule has 1 amide bonds. The number of phenols is 3. The summed E-state index contributed by atoms with van der Waals surface area (Å²) < 4.78 is 27.8. The van der Waals surface area contributed by atoms with Crippen LogP contribution >= 0.6 is 0 Å². The fourth-order valence-electron chi connectivity index (χ4n) is 3.30. The average Bonchev–Trinajstić information content (AvgIpc) is 2.71. The second-order valence-electron chi connectivity index (χ2n) is 7.05. The number of nitrogens with zero attached hydrogens (tertiary/aromatic N) is 1. The number of nitrogens with one attached hydrogen (secondary N) is 1. The van der Waals surface area contributed by atoms with Crippen LogP contribution in [0, 0.1) is 0 Å². The number of hydrogen-bond donors (Lipinski definition) is 4. The number of carbonyl (C=O) groups excluding carboxylic acids is 1. The van der Waals surface area contributed by atoms with Crippen molar-refractivity contribution in [3.8, 4) is 17.2 Å². The Hall–Kier alpha value is -2.78. The number of carbonyl (C=O) groups is 1. The van der Waals surface area contributed by atoms with Crippen molar-refractivity contribution < 1.29 is 28.5 Å². The van der Waals surface area contributed by atoms with Crippen molar-refractivity contribution in [3.05, 3.63) is 47.5 Å². The lowest BCUT2D eigenvalue weighted by atomic mass is 10.0. The summed E-state index contributed by atoms with van der Waals surface area (Å²) in [6.07, 6.45) is 1.71. The lowest BCUT2D eigenvalue weighted by Crippen LogP contribution is -2.46. The molecule has 0 saturated carbocycles. The van der Waals surface area contributed by atoms with Gasteiger partial charge in [0.2, 0.25) is 10.0 Å². The Kier molecular flexibility index (Phi) is 5.99. The molecule has 4 N–H and O–H groups in total. The third-order valence-corrected chi connectivity index (χ3v) is 6.60. The van der Waals surface area contributed by atoms with E-state index in [2.05, 4.69) is 4.72 Å². The SMILES string of the molecule is CCc1ccc(S(=O)(=O)NC2CCN(C(=O)c3cc(O)c(O)c(O)c3)CC2)cc1. The van der Waals surface area contributed by atoms with Crippen LogP contribution in [-0.4, -0.2) is 53.7 Å². The molecule has 0 unspecified atom stereocenters. The van der Waals surface area contributed by atoms with Gasteiger partial charge in [-0.25, -0.2) is 13.1 Å². The Bertz CT molecular complexity index is 973. The second kappa shape index (κ2) is 8.30. The molecule has 1 fully saturated rings. The van der Waals surface area contributed by atoms with Gasteiger partial charge in [-0.1, -0.05) is 19.1 Å². The van der Waals surface area contributed by atoms with Gasteiger partial charge in [0.1, 0.15) is 0 Å². The van der Waals surface area contributed by atoms with Crippen LogP contribution in [0.2, 0.25) is 0 Å². The predicted octanol–water partition coefficient (Wildman–Crippen LogP) is 1.95. The topological polar surface area (TPSA) is 127 Å². The van der Waals surface area contributed by atoms with Gasteiger partial charge >= 0.3 is 0 Å². The van der Waals surface area contributed by atoms with Crippen LogP contribution in [0.5, 0.6) is 17.2 Å². The molecule has 156 valence electrons. The van der Waals surface area contributed by atoms with Crippen molar-refractivity contribution in [1.29, 1.82) is 0 Å². The number of amides is 1. The minimum Gasteiger partial charge on any atom is -0.504 e. The molecule has 3 rings (SSSR count). The standard InChI is InChI=1S/C20H24N2O6S/c1-2-13-3-5-16(6-4-13)29(27,28)21-15-7-9-22(10-8-15)20(26)14-11-17(23)19(25)18(24)12-14/h3-6,11-12,15,21,23-25H,2,7-10H2,1H3. The molecule has 0 atom stereocenters. The minimum atomic E-state index is -3.64. The molecule has 1 aliphatic heterocycles. The van der Waals surface area contributed by atoms with E-state index in [4.69, 9.17) is 0 Å². The third-order valence-electron chi connectivity index (χ3n) is 5.06. The van der Waals surface area contributed by atoms with Gasteiger partial charge in [0.25, 0.3) is 5.91 Å². The van der Waals surface area contributed by atoms with E-state index < -0.39 is 33.2 Å². The van der Waals surface area contributed by atoms with E-state index in [1.165, 1.54) is 4.90 Å². The van der Waals surface area contributed by atoms with E-state index in [9.17, 15) is 28.5 Å². The maximum atomic E-state index is 12.6. The number of piperidine rings is 1. The van der Waals surface area contributed by atoms with Crippen molar-refractivity contribution in [2.45, 2.75) is 37.1 Å². The number of rotatable bonds is 5. The molecular formula is C20H24N2O6S. The first-order valence-electron chi connectivity index (χ1n) is 9.36. The number of hydrogen-bond acceptors (Lipinski definition) is 6. The fraction of sp³-hybridized carbons (Fsp3) is 0.350. The number of phenolic OH excluding ortho intramolecular Hbond substituents is 3. The summed E-state index contributed by atoms with van der Waals surface area (Å²) in [4.78, 5) is 14.3. The molecule has 2 aromatic carbocycles. The lowest BCUT2D eigenvalue weighted by molar-refractivity contribution is 0.0710. The third kappa shape index (κ3) is 4.63. The van der Waals surface area contributed by atoms with E-state index in [0.717, 1.165) is 24.1 Å². The van der Waals surface area contributed by atoms with Crippen LogP contribution in [0.15, 0.2) is 41.3 Å². The highest BCUT2D eigenvalue weighted by Crippen LogP contribution is 2.35. The van der Waals surface area contributed by atoms with Gasteiger partial charge in [-0.05, 0) is 49.1 Å². The Morgan fingerprint density at radius 2 is 1.62 bits per heavy atom. The molecular weight excluding hydrogens is 396 g/mol. The van der Waals surface area contributed by atoms with Gasteiger partial charge in [0.05, 0.1) is 4.90 Å². The van der Waals surface area contributed by atoms with Crippen molar-refractivity contribution >= 4 is 15.9 Å². The molecule has 0 radical (unpaired) electrons. The van der Waals surface area contributed by atoms with Gasteiger partial charge in [0, 0.05) is 24.7 Å². The first kappa shape index (κ1) is 20.9. The molecule has 0 bridgehead atoms. The molecule has 0 spiro atoms. The van der Waals surface area contributed by atoms with Crippen molar-refractivity contribution in [3.63, 3.8) is 0 Å². The van der Waals surface area contributed by atoms with Crippen LogP contribution in [0.4, 0.5) is 0 Å². The van der Waals surface area contributed by atoms with Gasteiger partial charge < -0.3 is 20.2 Å². The largest absolute Gasteiger partial charge is 0.504 e. The Labute approximate surface area is 169 Å². The van der Waals surface area contributed by atoms with Gasteiger partial charge in [-0.3, -0.25) is 4.79 Å². The maximum absolute atomic E-state index is 12.6. The summed E-state index contributed by atoms with van der Waals surface area (Å²) in [7, 11) is -3.64. The van der Waals surface area contributed by atoms with Crippen molar-refractivity contribution in [1.82, 2.24) is 9.62 Å². The Morgan fingerprint density at radius 3 is 2.14 bits per heavy atom. The number of aryl methyl sites for hydroxylation is 1. The predicted molar refractivity (Wildman–Crippen MR) is 107 cm³/mol. The molecule has 1 heterocycles. The fourth-order valence-corrected chi connectivity index (χ4v) is 4.61. The summed E-state index contributed by atoms with van der Waals surface area (Å²) in [6.45, 7) is 2.64. The monoisotopic (exact) mass is 420 g/mol. The summed E-state index contributed by atoms with van der Waals surface area (Å²) in [6, 6.07) is 8.64. The highest BCUT2D eigenvalue weighted by atomic mass is 32.2. The van der Waals surface area contributed by atoms with Gasteiger partial charge in [0.15, 0.2) is 17.2 Å². The summed E-state index contributed by atoms with van der Waals surface area (Å²) in [5.74, 6) is -2.25. The summed E-state index contributed by atoms with van der Waals surface area (Å²) in [5, 5.41) is 28.6.